The molecule has 14 heavy (non-hydrogen) atoms. The number of fused-ring (bicyclic) bond motifs is 1. The van der Waals surface area contributed by atoms with Crippen molar-refractivity contribution < 1.29 is 4.42 Å². The fourth-order valence-electron chi connectivity index (χ4n) is 2.03. The average Bonchev–Trinajstić information content (AvgIpc) is 2.47. The molecule has 0 amide bonds. The van der Waals surface area contributed by atoms with Crippen molar-refractivity contribution in [3.63, 3.8) is 0 Å². The van der Waals surface area contributed by atoms with Gasteiger partial charge in [-0.05, 0) is 30.2 Å². The van der Waals surface area contributed by atoms with E-state index in [4.69, 9.17) is 4.42 Å². The van der Waals surface area contributed by atoms with E-state index < -0.39 is 0 Å². The average molecular weight is 193 g/mol. The van der Waals surface area contributed by atoms with Crippen molar-refractivity contribution in [2.75, 3.05) is 11.9 Å². The van der Waals surface area contributed by atoms with Crippen LogP contribution in [0.4, 0.5) is 5.88 Å². The smallest absolute Gasteiger partial charge is 0.196 e. The molecule has 0 atom stereocenters. The van der Waals surface area contributed by atoms with Crippen LogP contribution in [0.15, 0.2) is 10.7 Å². The first kappa shape index (κ1) is 9.63. The summed E-state index contributed by atoms with van der Waals surface area (Å²) in [6, 6.07) is 0. The van der Waals surface area contributed by atoms with Crippen LogP contribution < -0.4 is 5.32 Å². The minimum absolute atomic E-state index is 0.342. The first-order valence-corrected chi connectivity index (χ1v) is 5.39. The fourth-order valence-corrected chi connectivity index (χ4v) is 2.03. The van der Waals surface area contributed by atoms with Crippen LogP contribution in [0.2, 0.25) is 0 Å². The second-order valence-electron chi connectivity index (χ2n) is 5.34. The predicted molar refractivity (Wildman–Crippen MR) is 58.7 cm³/mol. The highest BCUT2D eigenvalue weighted by molar-refractivity contribution is 5.48. The highest BCUT2D eigenvalue weighted by Gasteiger charge is 2.20. The Morgan fingerprint density at radius 3 is 2.93 bits per heavy atom. The number of hydrogen-bond acceptors (Lipinski definition) is 2. The molecule has 1 aliphatic rings. The Labute approximate surface area is 85.7 Å². The Morgan fingerprint density at radius 2 is 2.21 bits per heavy atom. The molecular formula is C12H19NO. The molecule has 0 bridgehead atoms. The third-order valence-electron chi connectivity index (χ3n) is 2.59. The van der Waals surface area contributed by atoms with Gasteiger partial charge in [0.1, 0.15) is 0 Å². The molecule has 0 saturated carbocycles. The topological polar surface area (TPSA) is 25.2 Å². The number of nitrogens with one attached hydrogen (secondary N) is 1. The highest BCUT2D eigenvalue weighted by Crippen LogP contribution is 2.31. The molecule has 0 saturated heterocycles. The van der Waals surface area contributed by atoms with Crippen molar-refractivity contribution in [2.24, 2.45) is 5.41 Å². The molecule has 1 N–H and O–H groups in total. The van der Waals surface area contributed by atoms with E-state index in [-0.39, 0.29) is 0 Å². The summed E-state index contributed by atoms with van der Waals surface area (Å²) < 4.78 is 5.52. The van der Waals surface area contributed by atoms with Crippen LogP contribution in [-0.2, 0) is 12.8 Å². The summed E-state index contributed by atoms with van der Waals surface area (Å²) in [4.78, 5) is 0. The molecule has 0 radical (unpaired) electrons. The molecule has 1 aromatic heterocycles. The second kappa shape index (κ2) is 3.34. The van der Waals surface area contributed by atoms with E-state index in [0.29, 0.717) is 5.41 Å². The minimum Gasteiger partial charge on any atom is -0.448 e. The standard InChI is InChI=1S/C12H19NO/c1-12(2,3)7-9-8-14-11-10(9)5-4-6-13-11/h8,13H,4-7H2,1-3H3. The third-order valence-corrected chi connectivity index (χ3v) is 2.59. The third kappa shape index (κ3) is 1.94. The van der Waals surface area contributed by atoms with Crippen molar-refractivity contribution >= 4 is 5.88 Å². The van der Waals surface area contributed by atoms with Gasteiger partial charge in [-0.15, -0.1) is 0 Å². The molecule has 1 aliphatic heterocycles. The van der Waals surface area contributed by atoms with Crippen LogP contribution in [0.25, 0.3) is 0 Å². The van der Waals surface area contributed by atoms with E-state index >= 15 is 0 Å². The molecule has 0 spiro atoms. The van der Waals surface area contributed by atoms with Gasteiger partial charge in [0.15, 0.2) is 5.88 Å². The van der Waals surface area contributed by atoms with Crippen molar-refractivity contribution in [3.8, 4) is 0 Å². The van der Waals surface area contributed by atoms with Gasteiger partial charge >= 0.3 is 0 Å². The summed E-state index contributed by atoms with van der Waals surface area (Å²) in [6.45, 7) is 7.85. The van der Waals surface area contributed by atoms with E-state index in [1.165, 1.54) is 24.0 Å². The van der Waals surface area contributed by atoms with Gasteiger partial charge in [0, 0.05) is 12.1 Å². The summed E-state index contributed by atoms with van der Waals surface area (Å²) in [6.07, 6.45) is 5.43. The van der Waals surface area contributed by atoms with Crippen molar-refractivity contribution in [3.05, 3.63) is 17.4 Å². The highest BCUT2D eigenvalue weighted by atomic mass is 16.3. The summed E-state index contributed by atoms with van der Waals surface area (Å²) in [7, 11) is 0. The van der Waals surface area contributed by atoms with Gasteiger partial charge in [-0.1, -0.05) is 20.8 Å². The van der Waals surface area contributed by atoms with E-state index in [2.05, 4.69) is 26.1 Å². The van der Waals surface area contributed by atoms with E-state index in [9.17, 15) is 0 Å². The maximum absolute atomic E-state index is 5.52. The lowest BCUT2D eigenvalue weighted by Gasteiger charge is -2.19. The lowest BCUT2D eigenvalue weighted by molar-refractivity contribution is 0.408. The molecule has 2 heterocycles. The van der Waals surface area contributed by atoms with Crippen LogP contribution >= 0.6 is 0 Å². The lowest BCUT2D eigenvalue weighted by Crippen LogP contribution is -2.14. The molecule has 2 heteroatoms. The SMILES string of the molecule is CC(C)(C)Cc1coc2c1CCCN2. The molecule has 0 fully saturated rings. The van der Waals surface area contributed by atoms with Gasteiger partial charge in [-0.3, -0.25) is 0 Å². The van der Waals surface area contributed by atoms with Gasteiger partial charge in [-0.2, -0.15) is 0 Å². The predicted octanol–water partition coefficient (Wildman–Crippen LogP) is 3.23. The summed E-state index contributed by atoms with van der Waals surface area (Å²) in [5, 5.41) is 3.30. The Kier molecular flexibility index (Phi) is 2.30. The van der Waals surface area contributed by atoms with Gasteiger partial charge in [0.2, 0.25) is 0 Å². The molecular weight excluding hydrogens is 174 g/mol. The van der Waals surface area contributed by atoms with Crippen LogP contribution in [-0.4, -0.2) is 6.54 Å². The van der Waals surface area contributed by atoms with E-state index in [1.54, 1.807) is 0 Å². The van der Waals surface area contributed by atoms with Gasteiger partial charge in [-0.25, -0.2) is 0 Å². The van der Waals surface area contributed by atoms with Crippen molar-refractivity contribution in [2.45, 2.75) is 40.0 Å². The Morgan fingerprint density at radius 1 is 1.43 bits per heavy atom. The molecule has 0 unspecified atom stereocenters. The summed E-state index contributed by atoms with van der Waals surface area (Å²) in [5.41, 5.74) is 3.14. The summed E-state index contributed by atoms with van der Waals surface area (Å²) in [5.74, 6) is 1.01. The van der Waals surface area contributed by atoms with Crippen molar-refractivity contribution in [1.82, 2.24) is 0 Å². The van der Waals surface area contributed by atoms with Gasteiger partial charge < -0.3 is 9.73 Å². The quantitative estimate of drug-likeness (QED) is 0.740. The normalized spacial score (nSPS) is 16.2. The van der Waals surface area contributed by atoms with Crippen molar-refractivity contribution in [1.29, 1.82) is 0 Å². The molecule has 1 aromatic rings. The largest absolute Gasteiger partial charge is 0.448 e. The number of hydrogen-bond donors (Lipinski definition) is 1. The Hall–Kier alpha value is -0.920. The fraction of sp³-hybridized carbons (Fsp3) is 0.667. The molecule has 0 aromatic carbocycles. The number of rotatable bonds is 1. The first-order valence-electron chi connectivity index (χ1n) is 5.39. The van der Waals surface area contributed by atoms with Crippen LogP contribution in [0.1, 0.15) is 38.3 Å². The molecule has 2 rings (SSSR count). The number of anilines is 1. The molecule has 2 nitrogen and oxygen atoms in total. The maximum Gasteiger partial charge on any atom is 0.196 e. The minimum atomic E-state index is 0.342. The lowest BCUT2D eigenvalue weighted by atomic mass is 9.86. The van der Waals surface area contributed by atoms with Crippen LogP contribution in [0.3, 0.4) is 0 Å². The van der Waals surface area contributed by atoms with Gasteiger partial charge in [0.05, 0.1) is 6.26 Å². The number of furan rings is 1. The van der Waals surface area contributed by atoms with Crippen LogP contribution in [0, 0.1) is 5.41 Å². The Bertz CT molecular complexity index is 320. The van der Waals surface area contributed by atoms with Crippen LogP contribution in [0.5, 0.6) is 0 Å². The van der Waals surface area contributed by atoms with Gasteiger partial charge in [0.25, 0.3) is 0 Å². The molecule has 0 aliphatic carbocycles. The zero-order chi connectivity index (χ0) is 10.2. The van der Waals surface area contributed by atoms with E-state index in [0.717, 1.165) is 18.8 Å². The second-order valence-corrected chi connectivity index (χ2v) is 5.34. The summed E-state index contributed by atoms with van der Waals surface area (Å²) >= 11 is 0. The zero-order valence-electron chi connectivity index (χ0n) is 9.31. The first-order chi connectivity index (χ1) is 6.56. The monoisotopic (exact) mass is 193 g/mol. The molecule has 78 valence electrons. The zero-order valence-corrected chi connectivity index (χ0v) is 9.31. The Balaban J connectivity index is 2.22. The van der Waals surface area contributed by atoms with E-state index in [1.807, 2.05) is 6.26 Å². The maximum atomic E-state index is 5.52.